The number of carbonyl (C=O) groups excluding carboxylic acids is 1. The minimum Gasteiger partial charge on any atom is -0.356 e. The zero-order valence-electron chi connectivity index (χ0n) is 8.81. The van der Waals surface area contributed by atoms with Crippen LogP contribution in [0, 0.1) is 0 Å². The smallest absolute Gasteiger partial charge is 0.219 e. The van der Waals surface area contributed by atoms with Gasteiger partial charge in [0.2, 0.25) is 5.91 Å². The van der Waals surface area contributed by atoms with Gasteiger partial charge in [0.15, 0.2) is 0 Å². The highest BCUT2D eigenvalue weighted by molar-refractivity contribution is 5.75. The van der Waals surface area contributed by atoms with Crippen molar-refractivity contribution in [2.24, 2.45) is 0 Å². The summed E-state index contributed by atoms with van der Waals surface area (Å²) in [5.41, 5.74) is 0. The third-order valence-corrected chi connectivity index (χ3v) is 1.38. The number of hydrogen-bond donors (Lipinski definition) is 1. The van der Waals surface area contributed by atoms with E-state index in [-0.39, 0.29) is 5.91 Å². The highest BCUT2D eigenvalue weighted by atomic mass is 16.1. The molecule has 1 amide bonds. The molecular weight excluding hydrogens is 162 g/mol. The van der Waals surface area contributed by atoms with Crippen LogP contribution in [0.3, 0.4) is 0 Å². The van der Waals surface area contributed by atoms with Crippen LogP contribution in [-0.2, 0) is 4.79 Å². The van der Waals surface area contributed by atoms with Crippen LogP contribution in [0.5, 0.6) is 0 Å². The van der Waals surface area contributed by atoms with Gasteiger partial charge in [0, 0.05) is 13.0 Å². The van der Waals surface area contributed by atoms with E-state index in [0.29, 0.717) is 6.42 Å². The summed E-state index contributed by atoms with van der Waals surface area (Å²) in [4.78, 5) is 10.9. The van der Waals surface area contributed by atoms with Gasteiger partial charge >= 0.3 is 0 Å². The molecule has 0 fully saturated rings. The van der Waals surface area contributed by atoms with Crippen molar-refractivity contribution in [1.29, 1.82) is 0 Å². The average molecular weight is 183 g/mol. The van der Waals surface area contributed by atoms with Crippen molar-refractivity contribution < 1.29 is 4.79 Å². The quantitative estimate of drug-likeness (QED) is 0.515. The number of nitrogens with one attached hydrogen (secondary N) is 1. The second kappa shape index (κ2) is 13.5. The molecule has 2 heteroatoms. The lowest BCUT2D eigenvalue weighted by Crippen LogP contribution is -2.21. The van der Waals surface area contributed by atoms with E-state index in [9.17, 15) is 4.79 Å². The maximum absolute atomic E-state index is 10.9. The molecule has 13 heavy (non-hydrogen) atoms. The zero-order chi connectivity index (χ0) is 10.5. The fourth-order valence-corrected chi connectivity index (χ4v) is 0.833. The van der Waals surface area contributed by atoms with Gasteiger partial charge in [-0.05, 0) is 26.7 Å². The molecule has 76 valence electrons. The molecule has 0 saturated heterocycles. The maximum atomic E-state index is 10.9. The van der Waals surface area contributed by atoms with E-state index in [2.05, 4.69) is 24.6 Å². The highest BCUT2D eigenvalue weighted by Gasteiger charge is 1.95. The molecular formula is C11H21NO. The largest absolute Gasteiger partial charge is 0.356 e. The molecule has 2 nitrogen and oxygen atoms in total. The van der Waals surface area contributed by atoms with Crippen LogP contribution in [0.2, 0.25) is 0 Å². The van der Waals surface area contributed by atoms with Crippen molar-refractivity contribution in [2.75, 3.05) is 6.54 Å². The molecule has 0 atom stereocenters. The maximum Gasteiger partial charge on any atom is 0.219 e. The molecule has 0 aromatic rings. The fraction of sp³-hybridized carbons (Fsp3) is 0.545. The molecule has 0 aromatic carbocycles. The van der Waals surface area contributed by atoms with E-state index in [0.717, 1.165) is 19.4 Å². The Kier molecular flexibility index (Phi) is 15.1. The third-order valence-electron chi connectivity index (χ3n) is 1.38. The van der Waals surface area contributed by atoms with Crippen LogP contribution in [-0.4, -0.2) is 12.5 Å². The van der Waals surface area contributed by atoms with Crippen molar-refractivity contribution in [1.82, 2.24) is 5.32 Å². The Bertz CT molecular complexity index is 141. The molecule has 0 unspecified atom stereocenters. The van der Waals surface area contributed by atoms with E-state index < -0.39 is 0 Å². The lowest BCUT2D eigenvalue weighted by molar-refractivity contribution is -0.121. The Labute approximate surface area is 81.7 Å². The summed E-state index contributed by atoms with van der Waals surface area (Å²) < 4.78 is 0. The minimum atomic E-state index is 0.164. The fourth-order valence-electron chi connectivity index (χ4n) is 0.833. The Morgan fingerprint density at radius 3 is 2.54 bits per heavy atom. The van der Waals surface area contributed by atoms with E-state index in [4.69, 9.17) is 0 Å². The van der Waals surface area contributed by atoms with Gasteiger partial charge in [-0.25, -0.2) is 0 Å². The molecule has 0 bridgehead atoms. The normalized spacial score (nSPS) is 9.08. The van der Waals surface area contributed by atoms with Crippen molar-refractivity contribution in [2.45, 2.75) is 33.1 Å². The summed E-state index contributed by atoms with van der Waals surface area (Å²) in [6.07, 6.45) is 6.71. The standard InChI is InChI=1S/C9H17NO.C2H4/c1-3-5-6-7-8-9(11)10-4-2;1-2/h3,5H,4,6-8H2,1-2H3,(H,10,11);1-2H2/b5-3-;. The molecule has 0 saturated carbocycles. The van der Waals surface area contributed by atoms with Gasteiger partial charge in [0.25, 0.3) is 0 Å². The monoisotopic (exact) mass is 183 g/mol. The number of carbonyl (C=O) groups is 1. The first kappa shape index (κ1) is 14.5. The van der Waals surface area contributed by atoms with Gasteiger partial charge in [-0.15, -0.1) is 13.2 Å². The number of hydrogen-bond acceptors (Lipinski definition) is 1. The summed E-state index contributed by atoms with van der Waals surface area (Å²) in [7, 11) is 0. The summed E-state index contributed by atoms with van der Waals surface area (Å²) in [6.45, 7) is 10.7. The number of amides is 1. The summed E-state index contributed by atoms with van der Waals surface area (Å²) in [6, 6.07) is 0. The first-order valence-corrected chi connectivity index (χ1v) is 4.69. The predicted molar refractivity (Wildman–Crippen MR) is 58.6 cm³/mol. The van der Waals surface area contributed by atoms with E-state index in [1.54, 1.807) is 0 Å². The van der Waals surface area contributed by atoms with Gasteiger partial charge in [0.1, 0.15) is 0 Å². The Morgan fingerprint density at radius 2 is 2.08 bits per heavy atom. The second-order valence-corrected chi connectivity index (χ2v) is 2.41. The lowest BCUT2D eigenvalue weighted by atomic mass is 10.2. The zero-order valence-corrected chi connectivity index (χ0v) is 8.81. The molecule has 0 radical (unpaired) electrons. The molecule has 1 N–H and O–H groups in total. The number of rotatable bonds is 5. The minimum absolute atomic E-state index is 0.164. The van der Waals surface area contributed by atoms with Crippen LogP contribution < -0.4 is 5.32 Å². The number of allylic oxidation sites excluding steroid dienone is 2. The summed E-state index contributed by atoms with van der Waals surface area (Å²) in [5, 5.41) is 2.76. The van der Waals surface area contributed by atoms with Crippen molar-refractivity contribution in [3.05, 3.63) is 25.3 Å². The van der Waals surface area contributed by atoms with E-state index in [1.807, 2.05) is 19.9 Å². The van der Waals surface area contributed by atoms with E-state index in [1.165, 1.54) is 0 Å². The molecule has 0 rings (SSSR count). The first-order chi connectivity index (χ1) is 6.31. The van der Waals surface area contributed by atoms with Crippen molar-refractivity contribution in [3.8, 4) is 0 Å². The van der Waals surface area contributed by atoms with Crippen LogP contribution in [0.15, 0.2) is 25.3 Å². The molecule has 0 aliphatic rings. The van der Waals surface area contributed by atoms with Crippen LogP contribution >= 0.6 is 0 Å². The molecule has 0 heterocycles. The van der Waals surface area contributed by atoms with Crippen LogP contribution in [0.25, 0.3) is 0 Å². The predicted octanol–water partition coefficient (Wildman–Crippen LogP) is 2.67. The topological polar surface area (TPSA) is 29.1 Å². The van der Waals surface area contributed by atoms with Gasteiger partial charge in [0.05, 0.1) is 0 Å². The van der Waals surface area contributed by atoms with Crippen LogP contribution in [0.1, 0.15) is 33.1 Å². The van der Waals surface area contributed by atoms with Gasteiger partial charge < -0.3 is 5.32 Å². The molecule has 0 aromatic heterocycles. The molecule has 0 spiro atoms. The van der Waals surface area contributed by atoms with Gasteiger partial charge in [-0.1, -0.05) is 12.2 Å². The summed E-state index contributed by atoms with van der Waals surface area (Å²) >= 11 is 0. The Hall–Kier alpha value is -1.05. The van der Waals surface area contributed by atoms with Gasteiger partial charge in [-0.2, -0.15) is 0 Å². The Balaban J connectivity index is 0. The highest BCUT2D eigenvalue weighted by Crippen LogP contribution is 1.95. The van der Waals surface area contributed by atoms with Gasteiger partial charge in [-0.3, -0.25) is 4.79 Å². The molecule has 0 aliphatic heterocycles. The first-order valence-electron chi connectivity index (χ1n) is 4.69. The average Bonchev–Trinajstić information content (AvgIpc) is 2.16. The van der Waals surface area contributed by atoms with Crippen molar-refractivity contribution >= 4 is 5.91 Å². The SMILES string of the molecule is C/C=C\CCCC(=O)NCC.C=C. The summed E-state index contributed by atoms with van der Waals surface area (Å²) in [5.74, 6) is 0.164. The third kappa shape index (κ3) is 13.9. The second-order valence-electron chi connectivity index (χ2n) is 2.41. The molecule has 0 aliphatic carbocycles. The lowest BCUT2D eigenvalue weighted by Gasteiger charge is -1.98. The van der Waals surface area contributed by atoms with E-state index >= 15 is 0 Å². The number of unbranched alkanes of at least 4 members (excludes halogenated alkanes) is 1. The van der Waals surface area contributed by atoms with Crippen molar-refractivity contribution in [3.63, 3.8) is 0 Å². The Morgan fingerprint density at radius 1 is 1.46 bits per heavy atom. The van der Waals surface area contributed by atoms with Crippen LogP contribution in [0.4, 0.5) is 0 Å².